The van der Waals surface area contributed by atoms with Gasteiger partial charge < -0.3 is 10.1 Å². The van der Waals surface area contributed by atoms with E-state index in [0.29, 0.717) is 11.7 Å². The molecule has 1 fully saturated rings. The van der Waals surface area contributed by atoms with Crippen molar-refractivity contribution in [3.05, 3.63) is 29.8 Å². The summed E-state index contributed by atoms with van der Waals surface area (Å²) in [6, 6.07) is 7.80. The van der Waals surface area contributed by atoms with E-state index in [0.717, 1.165) is 30.2 Å². The van der Waals surface area contributed by atoms with Crippen molar-refractivity contribution in [1.29, 1.82) is 0 Å². The van der Waals surface area contributed by atoms with Crippen LogP contribution in [0.3, 0.4) is 0 Å². The second kappa shape index (κ2) is 5.46. The van der Waals surface area contributed by atoms with Gasteiger partial charge >= 0.3 is 0 Å². The highest BCUT2D eigenvalue weighted by molar-refractivity contribution is 7.84. The van der Waals surface area contributed by atoms with E-state index in [1.54, 1.807) is 7.11 Å². The molecule has 16 heavy (non-hydrogen) atoms. The van der Waals surface area contributed by atoms with Crippen LogP contribution in [-0.4, -0.2) is 30.2 Å². The topological polar surface area (TPSA) is 38.3 Å². The molecule has 1 aromatic rings. The van der Waals surface area contributed by atoms with Crippen molar-refractivity contribution in [2.45, 2.75) is 5.75 Å². The van der Waals surface area contributed by atoms with Crippen molar-refractivity contribution >= 4 is 10.8 Å². The van der Waals surface area contributed by atoms with Crippen LogP contribution < -0.4 is 10.1 Å². The summed E-state index contributed by atoms with van der Waals surface area (Å²) in [4.78, 5) is 0. The molecular weight excluding hydrogens is 222 g/mol. The first-order valence-corrected chi connectivity index (χ1v) is 6.95. The van der Waals surface area contributed by atoms with E-state index in [2.05, 4.69) is 5.32 Å². The maximum atomic E-state index is 11.9. The highest BCUT2D eigenvalue weighted by Crippen LogP contribution is 2.15. The van der Waals surface area contributed by atoms with Crippen LogP contribution in [0.2, 0.25) is 0 Å². The average Bonchev–Trinajstić information content (AvgIpc) is 2.24. The lowest BCUT2D eigenvalue weighted by Gasteiger charge is -2.26. The standard InChI is InChI=1S/C12H17NO2S/c1-15-12-4-2-3-10(5-12)8-16(14)9-11-6-13-7-11/h2-5,11,13H,6-9H2,1H3. The van der Waals surface area contributed by atoms with E-state index >= 15 is 0 Å². The van der Waals surface area contributed by atoms with Crippen molar-refractivity contribution in [3.8, 4) is 5.75 Å². The molecule has 1 atom stereocenters. The van der Waals surface area contributed by atoms with Crippen LogP contribution in [0.15, 0.2) is 24.3 Å². The van der Waals surface area contributed by atoms with Crippen LogP contribution >= 0.6 is 0 Å². The fourth-order valence-electron chi connectivity index (χ4n) is 1.74. The van der Waals surface area contributed by atoms with E-state index in [4.69, 9.17) is 4.74 Å². The van der Waals surface area contributed by atoms with Crippen LogP contribution in [0.5, 0.6) is 5.75 Å². The van der Waals surface area contributed by atoms with Gasteiger partial charge in [-0.15, -0.1) is 0 Å². The Morgan fingerprint density at radius 1 is 1.50 bits per heavy atom. The zero-order chi connectivity index (χ0) is 11.4. The van der Waals surface area contributed by atoms with Gasteiger partial charge in [0.05, 0.1) is 7.11 Å². The second-order valence-electron chi connectivity index (χ2n) is 4.13. The third-order valence-electron chi connectivity index (χ3n) is 2.75. The summed E-state index contributed by atoms with van der Waals surface area (Å²) in [6.07, 6.45) is 0. The first kappa shape index (κ1) is 11.6. The minimum atomic E-state index is -0.756. The molecule has 1 aliphatic rings. The Hall–Kier alpha value is -0.870. The third-order valence-corrected chi connectivity index (χ3v) is 4.25. The largest absolute Gasteiger partial charge is 0.497 e. The Labute approximate surface area is 98.7 Å². The summed E-state index contributed by atoms with van der Waals surface area (Å²) in [6.45, 7) is 2.04. The van der Waals surface area contributed by atoms with Gasteiger partial charge in [-0.1, -0.05) is 12.1 Å². The second-order valence-corrected chi connectivity index (χ2v) is 5.63. The van der Waals surface area contributed by atoms with Gasteiger partial charge in [-0.05, 0) is 23.6 Å². The van der Waals surface area contributed by atoms with Gasteiger partial charge in [-0.3, -0.25) is 4.21 Å². The van der Waals surface area contributed by atoms with E-state index in [-0.39, 0.29) is 0 Å². The Bertz CT molecular complexity index is 377. The fourth-order valence-corrected chi connectivity index (χ4v) is 3.17. The summed E-state index contributed by atoms with van der Waals surface area (Å²) in [7, 11) is 0.893. The van der Waals surface area contributed by atoms with E-state index in [9.17, 15) is 4.21 Å². The zero-order valence-corrected chi connectivity index (χ0v) is 10.3. The fraction of sp³-hybridized carbons (Fsp3) is 0.500. The van der Waals surface area contributed by atoms with Crippen LogP contribution in [0.25, 0.3) is 0 Å². The minimum absolute atomic E-state index is 0.603. The van der Waals surface area contributed by atoms with E-state index in [1.807, 2.05) is 24.3 Å². The lowest BCUT2D eigenvalue weighted by Crippen LogP contribution is -2.44. The van der Waals surface area contributed by atoms with Crippen molar-refractivity contribution in [1.82, 2.24) is 5.32 Å². The molecule has 1 aromatic carbocycles. The van der Waals surface area contributed by atoms with Crippen molar-refractivity contribution in [2.24, 2.45) is 5.92 Å². The molecule has 1 unspecified atom stereocenters. The maximum absolute atomic E-state index is 11.9. The van der Waals surface area contributed by atoms with Crippen LogP contribution in [0, 0.1) is 5.92 Å². The summed E-state index contributed by atoms with van der Waals surface area (Å²) < 4.78 is 17.0. The molecule has 0 spiro atoms. The van der Waals surface area contributed by atoms with Gasteiger partial charge in [-0.2, -0.15) is 0 Å². The Balaban J connectivity index is 1.89. The molecule has 1 heterocycles. The Morgan fingerprint density at radius 2 is 2.31 bits per heavy atom. The molecule has 4 heteroatoms. The molecule has 0 radical (unpaired) electrons. The van der Waals surface area contributed by atoms with Crippen molar-refractivity contribution in [2.75, 3.05) is 26.0 Å². The number of nitrogens with one attached hydrogen (secondary N) is 1. The Morgan fingerprint density at radius 3 is 2.94 bits per heavy atom. The molecule has 0 aromatic heterocycles. The number of hydrogen-bond acceptors (Lipinski definition) is 3. The summed E-state index contributed by atoms with van der Waals surface area (Å²) in [5.41, 5.74) is 1.09. The van der Waals surface area contributed by atoms with Gasteiger partial charge in [0, 0.05) is 35.4 Å². The van der Waals surface area contributed by atoms with Gasteiger partial charge in [0.25, 0.3) is 0 Å². The highest BCUT2D eigenvalue weighted by Gasteiger charge is 2.19. The van der Waals surface area contributed by atoms with Gasteiger partial charge in [0.2, 0.25) is 0 Å². The number of ether oxygens (including phenoxy) is 1. The molecule has 0 bridgehead atoms. The van der Waals surface area contributed by atoms with Gasteiger partial charge in [-0.25, -0.2) is 0 Å². The first-order chi connectivity index (χ1) is 7.78. The maximum Gasteiger partial charge on any atom is 0.119 e. The minimum Gasteiger partial charge on any atom is -0.497 e. The van der Waals surface area contributed by atoms with Gasteiger partial charge in [0.15, 0.2) is 0 Å². The molecule has 0 saturated carbocycles. The van der Waals surface area contributed by atoms with E-state index < -0.39 is 10.8 Å². The molecule has 0 aliphatic carbocycles. The molecule has 2 rings (SSSR count). The first-order valence-electron chi connectivity index (χ1n) is 5.46. The third kappa shape index (κ3) is 3.06. The predicted molar refractivity (Wildman–Crippen MR) is 66.1 cm³/mol. The SMILES string of the molecule is COc1cccc(CS(=O)CC2CNC2)c1. The number of methoxy groups -OCH3 is 1. The van der Waals surface area contributed by atoms with Crippen molar-refractivity contribution in [3.63, 3.8) is 0 Å². The predicted octanol–water partition coefficient (Wildman–Crippen LogP) is 1.16. The number of hydrogen-bond donors (Lipinski definition) is 1. The molecule has 88 valence electrons. The summed E-state index contributed by atoms with van der Waals surface area (Å²) in [5.74, 6) is 2.88. The average molecular weight is 239 g/mol. The highest BCUT2D eigenvalue weighted by atomic mass is 32.2. The summed E-state index contributed by atoms with van der Waals surface area (Å²) >= 11 is 0. The number of benzene rings is 1. The number of rotatable bonds is 5. The van der Waals surface area contributed by atoms with Crippen molar-refractivity contribution < 1.29 is 8.95 Å². The van der Waals surface area contributed by atoms with Crippen LogP contribution in [-0.2, 0) is 16.6 Å². The molecule has 0 amide bonds. The smallest absolute Gasteiger partial charge is 0.119 e. The lowest BCUT2D eigenvalue weighted by atomic mass is 10.1. The molecule has 1 saturated heterocycles. The lowest BCUT2D eigenvalue weighted by molar-refractivity contribution is 0.382. The summed E-state index contributed by atoms with van der Waals surface area (Å²) in [5, 5.41) is 3.19. The van der Waals surface area contributed by atoms with Crippen LogP contribution in [0.4, 0.5) is 0 Å². The molecule has 1 N–H and O–H groups in total. The van der Waals surface area contributed by atoms with Crippen LogP contribution in [0.1, 0.15) is 5.56 Å². The van der Waals surface area contributed by atoms with E-state index in [1.165, 1.54) is 0 Å². The normalized spacial score (nSPS) is 17.8. The molecule has 1 aliphatic heterocycles. The Kier molecular flexibility index (Phi) is 3.96. The quantitative estimate of drug-likeness (QED) is 0.838. The molecular formula is C12H17NO2S. The van der Waals surface area contributed by atoms with Gasteiger partial charge in [0.1, 0.15) is 5.75 Å². The molecule has 3 nitrogen and oxygen atoms in total. The zero-order valence-electron chi connectivity index (χ0n) is 9.44. The monoisotopic (exact) mass is 239 g/mol.